The summed E-state index contributed by atoms with van der Waals surface area (Å²) in [6.07, 6.45) is -4.64. The Balaban J connectivity index is 2.17. The predicted molar refractivity (Wildman–Crippen MR) is 93.2 cm³/mol. The van der Waals surface area contributed by atoms with Crippen molar-refractivity contribution >= 4 is 29.1 Å². The molecule has 1 saturated heterocycles. The summed E-state index contributed by atoms with van der Waals surface area (Å²) in [5, 5.41) is -0.452. The molecule has 2 rings (SSSR count). The number of hydrogen-bond donors (Lipinski definition) is 0. The fraction of sp³-hybridized carbons (Fsp3) is 0.529. The van der Waals surface area contributed by atoms with Gasteiger partial charge in [-0.15, -0.1) is 0 Å². The Labute approximate surface area is 155 Å². The molecule has 0 radical (unpaired) electrons. The molecule has 0 spiro atoms. The zero-order valence-corrected chi connectivity index (χ0v) is 15.4. The van der Waals surface area contributed by atoms with Gasteiger partial charge in [0.25, 0.3) is 0 Å². The molecule has 0 bridgehead atoms. The van der Waals surface area contributed by atoms with E-state index in [9.17, 15) is 22.8 Å². The molecule has 2 amide bonds. The summed E-state index contributed by atoms with van der Waals surface area (Å²) in [7, 11) is 0. The van der Waals surface area contributed by atoms with Gasteiger partial charge in [0.1, 0.15) is 6.54 Å². The lowest BCUT2D eigenvalue weighted by atomic mass is 10.1. The Morgan fingerprint density at radius 2 is 1.81 bits per heavy atom. The van der Waals surface area contributed by atoms with Crippen molar-refractivity contribution in [2.75, 3.05) is 44.2 Å². The van der Waals surface area contributed by atoms with Crippen molar-refractivity contribution in [3.8, 4) is 0 Å². The summed E-state index contributed by atoms with van der Waals surface area (Å²) in [6, 6.07) is 3.19. The quantitative estimate of drug-likeness (QED) is 0.792. The van der Waals surface area contributed by atoms with Gasteiger partial charge in [0.15, 0.2) is 0 Å². The third-order valence-electron chi connectivity index (χ3n) is 4.41. The molecule has 0 unspecified atom stereocenters. The van der Waals surface area contributed by atoms with Crippen molar-refractivity contribution in [3.63, 3.8) is 0 Å². The maximum atomic E-state index is 13.0. The summed E-state index contributed by atoms with van der Waals surface area (Å²) in [5.41, 5.74) is -1.04. The molecule has 0 N–H and O–H groups in total. The number of halogens is 4. The minimum atomic E-state index is -4.64. The van der Waals surface area contributed by atoms with Gasteiger partial charge in [-0.25, -0.2) is 0 Å². The van der Waals surface area contributed by atoms with Crippen molar-refractivity contribution in [1.29, 1.82) is 0 Å². The Kier molecular flexibility index (Phi) is 6.52. The van der Waals surface area contributed by atoms with E-state index in [1.807, 2.05) is 6.92 Å². The second-order valence-corrected chi connectivity index (χ2v) is 6.49. The highest BCUT2D eigenvalue weighted by atomic mass is 35.5. The number of hydrogen-bond acceptors (Lipinski definition) is 3. The van der Waals surface area contributed by atoms with Crippen LogP contribution in [-0.2, 0) is 15.8 Å². The number of carbonyl (C=O) groups excluding carboxylic acids is 2. The van der Waals surface area contributed by atoms with Crippen LogP contribution in [0.2, 0.25) is 5.02 Å². The third-order valence-corrected chi connectivity index (χ3v) is 4.74. The molecule has 9 heteroatoms. The highest BCUT2D eigenvalue weighted by Gasteiger charge is 2.34. The van der Waals surface area contributed by atoms with Crippen molar-refractivity contribution < 1.29 is 22.8 Å². The van der Waals surface area contributed by atoms with Crippen LogP contribution in [-0.4, -0.2) is 60.9 Å². The first kappa shape index (κ1) is 20.5. The molecule has 1 heterocycles. The lowest BCUT2D eigenvalue weighted by Crippen LogP contribution is -2.51. The van der Waals surface area contributed by atoms with E-state index in [-0.39, 0.29) is 18.1 Å². The van der Waals surface area contributed by atoms with Crippen molar-refractivity contribution in [3.05, 3.63) is 28.8 Å². The van der Waals surface area contributed by atoms with Crippen LogP contribution in [0.4, 0.5) is 18.9 Å². The molecule has 0 aliphatic carbocycles. The third kappa shape index (κ3) is 4.88. The Morgan fingerprint density at radius 3 is 2.31 bits per heavy atom. The van der Waals surface area contributed by atoms with E-state index < -0.39 is 22.7 Å². The first-order chi connectivity index (χ1) is 12.1. The van der Waals surface area contributed by atoms with Gasteiger partial charge in [-0.2, -0.15) is 13.2 Å². The Morgan fingerprint density at radius 1 is 1.19 bits per heavy atom. The van der Waals surface area contributed by atoms with E-state index in [0.29, 0.717) is 13.1 Å². The van der Waals surface area contributed by atoms with Crippen molar-refractivity contribution in [2.45, 2.75) is 20.0 Å². The van der Waals surface area contributed by atoms with Crippen molar-refractivity contribution in [1.82, 2.24) is 9.80 Å². The maximum Gasteiger partial charge on any atom is 0.417 e. The monoisotopic (exact) mass is 391 g/mol. The van der Waals surface area contributed by atoms with Crippen LogP contribution in [0.1, 0.15) is 19.4 Å². The van der Waals surface area contributed by atoms with E-state index in [1.165, 1.54) is 13.0 Å². The van der Waals surface area contributed by atoms with Gasteiger partial charge in [0, 0.05) is 38.8 Å². The van der Waals surface area contributed by atoms with Crippen LogP contribution in [0.5, 0.6) is 0 Å². The summed E-state index contributed by atoms with van der Waals surface area (Å²) in [6.45, 7) is 6.38. The van der Waals surface area contributed by atoms with Crippen LogP contribution in [0.25, 0.3) is 0 Å². The molecule has 0 saturated carbocycles. The van der Waals surface area contributed by atoms with Gasteiger partial charge >= 0.3 is 6.18 Å². The summed E-state index contributed by atoms with van der Waals surface area (Å²) in [4.78, 5) is 29.3. The van der Waals surface area contributed by atoms with Crippen LogP contribution < -0.4 is 4.90 Å². The fourth-order valence-electron chi connectivity index (χ4n) is 2.83. The average Bonchev–Trinajstić information content (AvgIpc) is 2.59. The number of amides is 2. The predicted octanol–water partition coefficient (Wildman–Crippen LogP) is 2.88. The zero-order valence-electron chi connectivity index (χ0n) is 14.6. The van der Waals surface area contributed by atoms with Crippen LogP contribution >= 0.6 is 11.6 Å². The molecule has 1 aliphatic rings. The molecule has 144 valence electrons. The number of benzene rings is 1. The number of piperazine rings is 1. The number of alkyl halides is 3. The van der Waals surface area contributed by atoms with E-state index in [2.05, 4.69) is 4.90 Å². The number of rotatable bonds is 4. The van der Waals surface area contributed by atoms with Gasteiger partial charge in [0.2, 0.25) is 11.8 Å². The lowest BCUT2D eigenvalue weighted by molar-refractivity contribution is -0.137. The minimum absolute atomic E-state index is 0.00484. The van der Waals surface area contributed by atoms with Crippen LogP contribution in [0.15, 0.2) is 18.2 Å². The normalized spacial score (nSPS) is 15.8. The van der Waals surface area contributed by atoms with E-state index in [0.717, 1.165) is 36.7 Å². The topological polar surface area (TPSA) is 43.9 Å². The largest absolute Gasteiger partial charge is 0.417 e. The van der Waals surface area contributed by atoms with E-state index in [1.54, 1.807) is 4.90 Å². The Hall–Kier alpha value is -1.80. The first-order valence-corrected chi connectivity index (χ1v) is 8.66. The summed E-state index contributed by atoms with van der Waals surface area (Å²) in [5.74, 6) is -0.805. The van der Waals surface area contributed by atoms with E-state index >= 15 is 0 Å². The number of likely N-dealkylation sites (N-methyl/N-ethyl adjacent to an activating group) is 1. The number of anilines is 1. The molecular weight excluding hydrogens is 371 g/mol. The summed E-state index contributed by atoms with van der Waals surface area (Å²) >= 11 is 5.62. The van der Waals surface area contributed by atoms with Crippen molar-refractivity contribution in [2.24, 2.45) is 0 Å². The standard InChI is InChI=1S/C17H21ClF3N3O2/c1-3-22-6-8-23(9-7-22)16(26)11-24(12(2)25)13-4-5-15(18)14(10-13)17(19,20)21/h4-5,10H,3,6-9,11H2,1-2H3. The second kappa shape index (κ2) is 8.26. The molecule has 0 aromatic heterocycles. The fourth-order valence-corrected chi connectivity index (χ4v) is 3.06. The van der Waals surface area contributed by atoms with Gasteiger partial charge < -0.3 is 14.7 Å². The highest BCUT2D eigenvalue weighted by molar-refractivity contribution is 6.31. The van der Waals surface area contributed by atoms with Gasteiger partial charge in [-0.3, -0.25) is 9.59 Å². The SMILES string of the molecule is CCN1CCN(C(=O)CN(C(C)=O)c2ccc(Cl)c(C(F)(F)F)c2)CC1. The minimum Gasteiger partial charge on any atom is -0.339 e. The molecule has 5 nitrogen and oxygen atoms in total. The lowest BCUT2D eigenvalue weighted by Gasteiger charge is -2.35. The Bertz CT molecular complexity index is 674. The van der Waals surface area contributed by atoms with Crippen LogP contribution in [0.3, 0.4) is 0 Å². The smallest absolute Gasteiger partial charge is 0.339 e. The number of nitrogens with zero attached hydrogens (tertiary/aromatic N) is 3. The maximum absolute atomic E-state index is 13.0. The molecule has 1 fully saturated rings. The molecular formula is C17H21ClF3N3O2. The van der Waals surface area contributed by atoms with Gasteiger partial charge in [-0.1, -0.05) is 18.5 Å². The molecule has 1 aromatic carbocycles. The van der Waals surface area contributed by atoms with Gasteiger partial charge in [-0.05, 0) is 24.7 Å². The summed E-state index contributed by atoms with van der Waals surface area (Å²) < 4.78 is 39.1. The first-order valence-electron chi connectivity index (χ1n) is 8.28. The van der Waals surface area contributed by atoms with Crippen LogP contribution in [0, 0.1) is 0 Å². The molecule has 0 atom stereocenters. The molecule has 1 aromatic rings. The average molecular weight is 392 g/mol. The number of carbonyl (C=O) groups is 2. The van der Waals surface area contributed by atoms with Gasteiger partial charge in [0.05, 0.1) is 10.6 Å². The highest BCUT2D eigenvalue weighted by Crippen LogP contribution is 2.37. The van der Waals surface area contributed by atoms with E-state index in [4.69, 9.17) is 11.6 Å². The zero-order chi connectivity index (χ0) is 19.5. The second-order valence-electron chi connectivity index (χ2n) is 6.08. The molecule has 26 heavy (non-hydrogen) atoms. The molecule has 1 aliphatic heterocycles.